The van der Waals surface area contributed by atoms with Crippen molar-refractivity contribution in [3.8, 4) is 33.8 Å². The third kappa shape index (κ3) is 17.3. The number of aromatic amines is 2. The molecule has 19 nitrogen and oxygen atoms in total. The second kappa shape index (κ2) is 32.0. The molecule has 3 fully saturated rings. The fourth-order valence-corrected chi connectivity index (χ4v) is 10.4. The number of alkyl halides is 2. The minimum absolute atomic E-state index is 0. The number of amides is 1. The van der Waals surface area contributed by atoms with Crippen molar-refractivity contribution < 1.29 is 53.2 Å². The number of carboxylic acids is 2. The van der Waals surface area contributed by atoms with Crippen LogP contribution in [0.3, 0.4) is 0 Å². The normalized spacial score (nSPS) is 14.4. The molecular weight excluding hydrogens is 1120 g/mol. The number of benzene rings is 3. The van der Waals surface area contributed by atoms with Crippen LogP contribution in [-0.4, -0.2) is 124 Å². The maximum absolute atomic E-state index is 14.1. The molecule has 0 aliphatic carbocycles. The summed E-state index contributed by atoms with van der Waals surface area (Å²) in [5, 5.41) is 32.6. The zero-order valence-electron chi connectivity index (χ0n) is 49.8. The number of carbonyl (C=O) groups excluding carboxylic acids is 1. The van der Waals surface area contributed by atoms with Crippen LogP contribution >= 0.6 is 11.6 Å². The molecule has 11 rings (SSSR count). The van der Waals surface area contributed by atoms with Crippen LogP contribution in [0.2, 0.25) is 0 Å². The van der Waals surface area contributed by atoms with Crippen molar-refractivity contribution >= 4 is 29.4 Å². The molecule has 8 N–H and O–H groups in total. The predicted molar refractivity (Wildman–Crippen MR) is 324 cm³/mol. The number of carbonyl (C=O) groups is 3. The zero-order chi connectivity index (χ0) is 62.2. The third-order valence-corrected chi connectivity index (χ3v) is 15.3. The maximum Gasteiger partial charge on any atom is 0.335 e. The molecule has 5 aromatic heterocycles. The highest BCUT2D eigenvalue weighted by Crippen LogP contribution is 2.29. The summed E-state index contributed by atoms with van der Waals surface area (Å²) in [7, 11) is 4.10. The van der Waals surface area contributed by atoms with Crippen LogP contribution < -0.4 is 27.1 Å². The van der Waals surface area contributed by atoms with E-state index in [1.807, 2.05) is 65.9 Å². The Hall–Kier alpha value is -8.51. The number of aryl methyl sites for hydroxylation is 7. The molecule has 0 spiro atoms. The smallest absolute Gasteiger partial charge is 0.335 e. The molecule has 2 bridgehead atoms. The van der Waals surface area contributed by atoms with E-state index in [9.17, 15) is 37.1 Å². The Morgan fingerprint density at radius 1 is 0.694 bits per heavy atom. The first kappa shape index (κ1) is 69.0. The average Bonchev–Trinajstić information content (AvgIpc) is 2.61. The third-order valence-electron chi connectivity index (χ3n) is 14.8. The topological polar surface area (TPSA) is 253 Å². The quantitative estimate of drug-likeness (QED) is 0.0301. The van der Waals surface area contributed by atoms with Gasteiger partial charge in [-0.2, -0.15) is 15.3 Å². The van der Waals surface area contributed by atoms with Gasteiger partial charge in [0.25, 0.3) is 17.0 Å². The number of nitrogens with zero attached hydrogens (tertiary/aromatic N) is 7. The molecule has 3 aliphatic heterocycles. The Bertz CT molecular complexity index is 3670. The van der Waals surface area contributed by atoms with Gasteiger partial charge in [-0.3, -0.25) is 42.0 Å². The molecule has 0 saturated carbocycles. The van der Waals surface area contributed by atoms with Gasteiger partial charge in [-0.25, -0.2) is 18.4 Å². The van der Waals surface area contributed by atoms with Crippen LogP contribution in [-0.2, 0) is 34.2 Å². The van der Waals surface area contributed by atoms with Crippen LogP contribution in [0.15, 0.2) is 101 Å². The number of H-pyrrole nitrogens is 2. The molecule has 24 heteroatoms. The number of fused-ring (bicyclic) bond motifs is 3. The number of rotatable bonds is 10. The van der Waals surface area contributed by atoms with E-state index in [2.05, 4.69) is 30.6 Å². The summed E-state index contributed by atoms with van der Waals surface area (Å²) in [5.41, 5.74) is 16.2. The molecule has 1 amide bonds. The van der Waals surface area contributed by atoms with Crippen LogP contribution in [0.5, 0.6) is 0 Å². The van der Waals surface area contributed by atoms with Crippen LogP contribution in [0.25, 0.3) is 33.8 Å². The lowest BCUT2D eigenvalue weighted by atomic mass is 9.99. The van der Waals surface area contributed by atoms with Gasteiger partial charge in [-0.05, 0) is 113 Å². The standard InChI is InChI=1S/C20H21FN4O2.C12H11FN2O2.C12H12N2O2.C8H12N2O.C7H14ClN2.CH3F.CH4.FH/c1-11-8-12(2)24-20(27)16(11)9-22-19(26)15-7-5-6-14(13(15)3)18-17(21)10-23-25(18)4;1-7-8(4-3-5-9(7)12(16)17)11-10(13)6-14-15(11)2;1-8-9(11-6-7-13-14(11)2)4-3-5-10(8)12(15)16;1-5-3-6(2)10-8(11)7(5)4-9;8-7-10-4-1-9(2-5-10)3-6-10;1-2;;/h5-8,10H,9H2,1-4H3,(H,22,26)(H,24,27);3-6H,1-2H3,(H,16,17);3-7H,1-2H3,(H,15,16);3H,4,9H2,1-2H3,(H,10,11);1-7H2;1H3;1H4;1H/q;;;;+1;;;/p+1/i;;;;;1D;;. The average molecular weight is 1200 g/mol. The molecule has 0 radical (unpaired) electrons. The summed E-state index contributed by atoms with van der Waals surface area (Å²) >= 11 is 5.92. The van der Waals surface area contributed by atoms with Gasteiger partial charge in [0.2, 0.25) is 0 Å². The van der Waals surface area contributed by atoms with Gasteiger partial charge in [0.15, 0.2) is 17.6 Å². The van der Waals surface area contributed by atoms with Gasteiger partial charge in [-0.1, -0.05) is 55.4 Å². The molecule has 458 valence electrons. The van der Waals surface area contributed by atoms with Gasteiger partial charge >= 0.3 is 11.9 Å². The van der Waals surface area contributed by atoms with Crippen LogP contribution in [0.1, 0.15) is 90.2 Å². The minimum atomic E-state index is -1.02. The van der Waals surface area contributed by atoms with Crippen molar-refractivity contribution in [2.24, 2.45) is 26.9 Å². The summed E-state index contributed by atoms with van der Waals surface area (Å²) < 4.78 is 48.9. The molecule has 3 aliphatic rings. The monoisotopic (exact) mass is 1200 g/mol. The number of halogens is 5. The fraction of sp³-hybridized carbons (Fsp3) is 0.344. The lowest BCUT2D eigenvalue weighted by Gasteiger charge is -2.46. The second-order valence-corrected chi connectivity index (χ2v) is 20.5. The fourth-order valence-electron chi connectivity index (χ4n) is 10.0. The molecule has 85 heavy (non-hydrogen) atoms. The van der Waals surface area contributed by atoms with E-state index >= 15 is 0 Å². The van der Waals surface area contributed by atoms with E-state index in [0.717, 1.165) is 57.7 Å². The van der Waals surface area contributed by atoms with Crippen molar-refractivity contribution in [3.63, 3.8) is 0 Å². The van der Waals surface area contributed by atoms with Crippen molar-refractivity contribution in [1.82, 2.24) is 44.6 Å². The first-order valence-electron chi connectivity index (χ1n) is 27.1. The van der Waals surface area contributed by atoms with E-state index in [4.69, 9.17) is 28.9 Å². The van der Waals surface area contributed by atoms with Crippen molar-refractivity contribution in [1.29, 1.82) is 0 Å². The minimum Gasteiger partial charge on any atom is -0.478 e. The molecular formula is C61H79ClF4N12O7+2. The number of hydrogen-bond acceptors (Lipinski definition) is 9. The van der Waals surface area contributed by atoms with Crippen molar-refractivity contribution in [3.05, 3.63) is 191 Å². The van der Waals surface area contributed by atoms with E-state index in [-0.39, 0.29) is 41.3 Å². The summed E-state index contributed by atoms with van der Waals surface area (Å²) in [4.78, 5) is 65.2. The Morgan fingerprint density at radius 2 is 1.11 bits per heavy atom. The highest BCUT2D eigenvalue weighted by molar-refractivity contribution is 6.17. The summed E-state index contributed by atoms with van der Waals surface area (Å²) in [6, 6.07) is 21.7. The number of nitrogens with one attached hydrogen (secondary N) is 4. The lowest BCUT2D eigenvalue weighted by Crippen LogP contribution is -3.19. The second-order valence-electron chi connectivity index (χ2n) is 20.2. The number of aromatic nitrogens is 8. The van der Waals surface area contributed by atoms with Crippen LogP contribution in [0.4, 0.5) is 17.9 Å². The van der Waals surface area contributed by atoms with Crippen molar-refractivity contribution in [2.45, 2.75) is 69.0 Å². The van der Waals surface area contributed by atoms with Gasteiger partial charge in [0.1, 0.15) is 50.7 Å². The Morgan fingerprint density at radius 3 is 1.47 bits per heavy atom. The Balaban J connectivity index is 0.000000288. The number of pyridine rings is 2. The van der Waals surface area contributed by atoms with E-state index in [1.165, 1.54) is 59.2 Å². The summed E-state index contributed by atoms with van der Waals surface area (Å²) in [6.07, 6.45) is 3.96. The number of aromatic carboxylic acids is 2. The number of carboxylic acid groups (broad SMARTS) is 2. The molecule has 3 aromatic carbocycles. The summed E-state index contributed by atoms with van der Waals surface area (Å²) in [6.45, 7) is 21.1. The number of piperazine rings is 3. The first-order valence-corrected chi connectivity index (χ1v) is 26.9. The maximum atomic E-state index is 14.1. The Kier molecular flexibility index (Phi) is 25.9. The molecule has 8 heterocycles. The number of hydrogen-bond donors (Lipinski definition) is 7. The van der Waals surface area contributed by atoms with Crippen LogP contribution in [0, 0.1) is 60.1 Å². The van der Waals surface area contributed by atoms with Gasteiger partial charge in [-0.15, -0.1) is 0 Å². The summed E-state index contributed by atoms with van der Waals surface area (Å²) in [5.74, 6) is -3.15. The molecule has 3 saturated heterocycles. The zero-order valence-corrected chi connectivity index (χ0v) is 49.6. The number of nitrogens with two attached hydrogens (primary N) is 1. The molecule has 8 aromatic rings. The van der Waals surface area contributed by atoms with Gasteiger partial charge in [0.05, 0.1) is 37.7 Å². The van der Waals surface area contributed by atoms with E-state index in [1.54, 1.807) is 86.2 Å². The predicted octanol–water partition coefficient (Wildman–Crippen LogP) is 7.83. The Labute approximate surface area is 498 Å². The first-order chi connectivity index (χ1) is 39.8. The number of quaternary nitrogens is 2. The highest BCUT2D eigenvalue weighted by atomic mass is 35.5. The van der Waals surface area contributed by atoms with Gasteiger partial charge < -0.3 is 36.1 Å². The van der Waals surface area contributed by atoms with E-state index in [0.29, 0.717) is 62.4 Å². The van der Waals surface area contributed by atoms with Gasteiger partial charge in [0, 0.05) is 85.2 Å². The molecule has 0 atom stereocenters. The van der Waals surface area contributed by atoms with Crippen molar-refractivity contribution in [2.75, 3.05) is 52.4 Å². The lowest BCUT2D eigenvalue weighted by molar-refractivity contribution is -1.07. The van der Waals surface area contributed by atoms with E-state index < -0.39 is 30.7 Å². The highest BCUT2D eigenvalue weighted by Gasteiger charge is 2.40. The molecule has 0 unspecified atom stereocenters. The largest absolute Gasteiger partial charge is 0.478 e. The SMILES string of the molecule is C.Cc1c(C(=O)O)cccc1-c1c(F)cnn1C.Cc1c(C(=O)O)cccc1-c1ccnn1C.Cc1cc(C)c(CN)c(=O)[nH]1.Cc1cc(C)c(CNC(=O)c2cccc(-c3c(F)cnn3C)c2C)c(=O)[nH]1.ClC[N+]12CC[NH+](CC1)CC2.F.[2H]CF.